The number of thiophene rings is 1. The number of aryl methyl sites for hydroxylation is 2. The van der Waals surface area contributed by atoms with E-state index in [0.29, 0.717) is 11.5 Å². The molecule has 3 heterocycles. The summed E-state index contributed by atoms with van der Waals surface area (Å²) < 4.78 is 16.2. The van der Waals surface area contributed by atoms with Crippen molar-refractivity contribution in [1.82, 2.24) is 4.98 Å². The third-order valence-corrected chi connectivity index (χ3v) is 6.10. The molecule has 0 aliphatic carbocycles. The van der Waals surface area contributed by atoms with E-state index in [1.807, 2.05) is 44.2 Å². The summed E-state index contributed by atoms with van der Waals surface area (Å²) in [6.45, 7) is 4.02. The standard InChI is InChI=1S/C25H25N3O4S/c1-15-9-10-26-22(12-15)27-23(17-7-8-19(30-3)21(14-17)31-4)18-13-16(2)33-25(18)28-24(29)20-6-5-11-32-20/h5-14,23H,1-4H3,(H,26,27)(H,28,29)/t23-/m0/s1. The Hall–Kier alpha value is -3.78. The molecule has 0 unspecified atom stereocenters. The second-order valence-corrected chi connectivity index (χ2v) is 8.74. The molecule has 1 atom stereocenters. The largest absolute Gasteiger partial charge is 0.493 e. The molecule has 8 heteroatoms. The van der Waals surface area contributed by atoms with Crippen molar-refractivity contribution >= 4 is 28.1 Å². The van der Waals surface area contributed by atoms with Gasteiger partial charge in [-0.3, -0.25) is 4.79 Å². The molecule has 0 spiro atoms. The molecule has 0 radical (unpaired) electrons. The number of anilines is 2. The number of hydrogen-bond acceptors (Lipinski definition) is 7. The monoisotopic (exact) mass is 463 g/mol. The van der Waals surface area contributed by atoms with Gasteiger partial charge < -0.3 is 24.5 Å². The van der Waals surface area contributed by atoms with E-state index in [2.05, 4.69) is 21.7 Å². The van der Waals surface area contributed by atoms with E-state index in [0.717, 1.165) is 32.4 Å². The van der Waals surface area contributed by atoms with Crippen LogP contribution in [0.5, 0.6) is 11.5 Å². The number of methoxy groups -OCH3 is 2. The molecule has 170 valence electrons. The fourth-order valence-corrected chi connectivity index (χ4v) is 4.50. The number of hydrogen-bond donors (Lipinski definition) is 2. The molecule has 7 nitrogen and oxygen atoms in total. The first-order chi connectivity index (χ1) is 16.0. The molecule has 4 aromatic rings. The van der Waals surface area contributed by atoms with Gasteiger partial charge in [0, 0.05) is 16.6 Å². The smallest absolute Gasteiger partial charge is 0.291 e. The van der Waals surface area contributed by atoms with Crippen LogP contribution in [-0.2, 0) is 0 Å². The molecule has 0 bridgehead atoms. The molecule has 33 heavy (non-hydrogen) atoms. The van der Waals surface area contributed by atoms with E-state index in [9.17, 15) is 4.79 Å². The van der Waals surface area contributed by atoms with Crippen LogP contribution in [0.2, 0.25) is 0 Å². The summed E-state index contributed by atoms with van der Waals surface area (Å²) in [4.78, 5) is 18.3. The van der Waals surface area contributed by atoms with Crippen LogP contribution in [0.15, 0.2) is 65.4 Å². The lowest BCUT2D eigenvalue weighted by atomic mass is 9.99. The Morgan fingerprint density at radius 1 is 1.06 bits per heavy atom. The normalized spacial score (nSPS) is 11.6. The van der Waals surface area contributed by atoms with Crippen molar-refractivity contribution < 1.29 is 18.7 Å². The lowest BCUT2D eigenvalue weighted by Crippen LogP contribution is -2.17. The summed E-state index contributed by atoms with van der Waals surface area (Å²) >= 11 is 1.50. The SMILES string of the molecule is COc1ccc([C@H](Nc2cc(C)ccn2)c2cc(C)sc2NC(=O)c2ccco2)cc1OC. The van der Waals surface area contributed by atoms with Gasteiger partial charge in [0.05, 0.1) is 26.5 Å². The Labute approximate surface area is 196 Å². The minimum absolute atomic E-state index is 0.253. The Morgan fingerprint density at radius 3 is 2.58 bits per heavy atom. The summed E-state index contributed by atoms with van der Waals surface area (Å²) in [6, 6.07) is 14.8. The predicted molar refractivity (Wildman–Crippen MR) is 130 cm³/mol. The lowest BCUT2D eigenvalue weighted by molar-refractivity contribution is 0.0997. The van der Waals surface area contributed by atoms with Crippen molar-refractivity contribution in [2.24, 2.45) is 0 Å². The van der Waals surface area contributed by atoms with Gasteiger partial charge in [0.2, 0.25) is 0 Å². The minimum Gasteiger partial charge on any atom is -0.493 e. The highest BCUT2D eigenvalue weighted by atomic mass is 32.1. The molecular weight excluding hydrogens is 438 g/mol. The van der Waals surface area contributed by atoms with Crippen LogP contribution >= 0.6 is 11.3 Å². The highest BCUT2D eigenvalue weighted by molar-refractivity contribution is 7.16. The summed E-state index contributed by atoms with van der Waals surface area (Å²) in [5, 5.41) is 7.26. The van der Waals surface area contributed by atoms with Gasteiger partial charge in [0.1, 0.15) is 10.8 Å². The van der Waals surface area contributed by atoms with Crippen molar-refractivity contribution in [2.45, 2.75) is 19.9 Å². The molecule has 2 N–H and O–H groups in total. The topological polar surface area (TPSA) is 85.6 Å². The number of rotatable bonds is 8. The van der Waals surface area contributed by atoms with Gasteiger partial charge in [-0.1, -0.05) is 6.07 Å². The van der Waals surface area contributed by atoms with E-state index in [1.165, 1.54) is 17.6 Å². The van der Waals surface area contributed by atoms with Crippen LogP contribution in [0.1, 0.15) is 38.2 Å². The highest BCUT2D eigenvalue weighted by Gasteiger charge is 2.24. The van der Waals surface area contributed by atoms with Gasteiger partial charge in [-0.15, -0.1) is 11.3 Å². The number of amides is 1. The molecular formula is C25H25N3O4S. The zero-order valence-electron chi connectivity index (χ0n) is 18.8. The molecule has 4 rings (SSSR count). The highest BCUT2D eigenvalue weighted by Crippen LogP contribution is 2.40. The Kier molecular flexibility index (Phi) is 6.65. The number of pyridine rings is 1. The molecule has 0 saturated carbocycles. The quantitative estimate of drug-likeness (QED) is 0.342. The molecule has 1 amide bonds. The maximum Gasteiger partial charge on any atom is 0.291 e. The maximum absolute atomic E-state index is 12.7. The number of carbonyl (C=O) groups is 1. The third-order valence-electron chi connectivity index (χ3n) is 5.12. The number of aromatic nitrogens is 1. The third kappa shape index (κ3) is 5.01. The van der Waals surface area contributed by atoms with Gasteiger partial charge >= 0.3 is 0 Å². The number of furan rings is 1. The maximum atomic E-state index is 12.7. The fourth-order valence-electron chi connectivity index (χ4n) is 3.55. The molecule has 0 aliphatic rings. The van der Waals surface area contributed by atoms with Crippen LogP contribution in [0.25, 0.3) is 0 Å². The number of nitrogens with one attached hydrogen (secondary N) is 2. The summed E-state index contributed by atoms with van der Waals surface area (Å²) in [6.07, 6.45) is 3.24. The van der Waals surface area contributed by atoms with Crippen molar-refractivity contribution in [1.29, 1.82) is 0 Å². The minimum atomic E-state index is -0.309. The summed E-state index contributed by atoms with van der Waals surface area (Å²) in [7, 11) is 3.21. The van der Waals surface area contributed by atoms with E-state index < -0.39 is 0 Å². The van der Waals surface area contributed by atoms with Crippen LogP contribution < -0.4 is 20.1 Å². The fraction of sp³-hybridized carbons (Fsp3) is 0.200. The number of carbonyl (C=O) groups excluding carboxylic acids is 1. The van der Waals surface area contributed by atoms with Gasteiger partial charge in [0.25, 0.3) is 5.91 Å². The Morgan fingerprint density at radius 2 is 1.88 bits per heavy atom. The summed E-state index contributed by atoms with van der Waals surface area (Å²) in [5.74, 6) is 1.93. The Bertz CT molecular complexity index is 1250. The van der Waals surface area contributed by atoms with Crippen LogP contribution in [0.3, 0.4) is 0 Å². The van der Waals surface area contributed by atoms with Crippen molar-refractivity contribution in [3.63, 3.8) is 0 Å². The predicted octanol–water partition coefficient (Wildman–Crippen LogP) is 5.82. The lowest BCUT2D eigenvalue weighted by Gasteiger charge is -2.22. The Balaban J connectivity index is 1.77. The molecule has 0 aliphatic heterocycles. The number of ether oxygens (including phenoxy) is 2. The van der Waals surface area contributed by atoms with Crippen LogP contribution in [-0.4, -0.2) is 25.1 Å². The first kappa shape index (κ1) is 22.4. The van der Waals surface area contributed by atoms with E-state index in [1.54, 1.807) is 32.5 Å². The van der Waals surface area contributed by atoms with Gasteiger partial charge in [-0.25, -0.2) is 4.98 Å². The van der Waals surface area contributed by atoms with E-state index in [4.69, 9.17) is 13.9 Å². The molecule has 1 aromatic carbocycles. The second-order valence-electron chi connectivity index (χ2n) is 7.48. The average Bonchev–Trinajstić information content (AvgIpc) is 3.47. The van der Waals surface area contributed by atoms with Gasteiger partial charge in [-0.2, -0.15) is 0 Å². The summed E-state index contributed by atoms with van der Waals surface area (Å²) in [5.41, 5.74) is 2.93. The van der Waals surface area contributed by atoms with Crippen molar-refractivity contribution in [2.75, 3.05) is 24.9 Å². The number of nitrogens with zero attached hydrogens (tertiary/aromatic N) is 1. The zero-order valence-corrected chi connectivity index (χ0v) is 19.7. The van der Waals surface area contributed by atoms with E-state index in [-0.39, 0.29) is 17.7 Å². The average molecular weight is 464 g/mol. The second kappa shape index (κ2) is 9.79. The first-order valence-corrected chi connectivity index (χ1v) is 11.2. The number of benzene rings is 1. The first-order valence-electron chi connectivity index (χ1n) is 10.3. The van der Waals surface area contributed by atoms with Gasteiger partial charge in [0.15, 0.2) is 17.3 Å². The van der Waals surface area contributed by atoms with Crippen LogP contribution in [0.4, 0.5) is 10.8 Å². The molecule has 0 saturated heterocycles. The van der Waals surface area contributed by atoms with E-state index >= 15 is 0 Å². The zero-order chi connectivity index (χ0) is 23.4. The molecule has 0 fully saturated rings. The van der Waals surface area contributed by atoms with Crippen molar-refractivity contribution in [3.8, 4) is 11.5 Å². The van der Waals surface area contributed by atoms with Crippen LogP contribution in [0, 0.1) is 13.8 Å². The van der Waals surface area contributed by atoms with Gasteiger partial charge in [-0.05, 0) is 67.4 Å². The molecule has 3 aromatic heterocycles. The van der Waals surface area contributed by atoms with Crippen molar-refractivity contribution in [3.05, 3.63) is 88.3 Å².